The largest absolute Gasteiger partial charge is 0.507 e. The van der Waals surface area contributed by atoms with Crippen LogP contribution in [-0.4, -0.2) is 27.8 Å². The smallest absolute Gasteiger partial charge is 0.163 e. The van der Waals surface area contributed by atoms with Gasteiger partial charge >= 0.3 is 0 Å². The molecule has 0 aliphatic carbocycles. The van der Waals surface area contributed by atoms with Crippen molar-refractivity contribution in [1.82, 2.24) is 9.88 Å². The van der Waals surface area contributed by atoms with Crippen molar-refractivity contribution < 1.29 is 14.3 Å². The highest BCUT2D eigenvalue weighted by Crippen LogP contribution is 2.26. The molecule has 0 fully saturated rings. The molecule has 4 nitrogen and oxygen atoms in total. The van der Waals surface area contributed by atoms with E-state index in [-0.39, 0.29) is 17.1 Å². The molecular weight excluding hydrogens is 271 g/mol. The minimum absolute atomic E-state index is 0.0137. The molecule has 0 spiro atoms. The minimum atomic E-state index is -0.525. The van der Waals surface area contributed by atoms with Crippen LogP contribution in [0, 0.1) is 5.82 Å². The van der Waals surface area contributed by atoms with Gasteiger partial charge in [-0.3, -0.25) is 14.7 Å². The van der Waals surface area contributed by atoms with E-state index in [1.54, 1.807) is 12.4 Å². The highest BCUT2D eigenvalue weighted by atomic mass is 19.1. The average Bonchev–Trinajstić information content (AvgIpc) is 2.43. The van der Waals surface area contributed by atoms with E-state index in [4.69, 9.17) is 0 Å². The number of pyridine rings is 1. The summed E-state index contributed by atoms with van der Waals surface area (Å²) in [6, 6.07) is 6.09. The van der Waals surface area contributed by atoms with E-state index in [2.05, 4.69) is 4.98 Å². The topological polar surface area (TPSA) is 53.4 Å². The zero-order chi connectivity index (χ0) is 15.4. The number of benzene rings is 1. The Kier molecular flexibility index (Phi) is 4.65. The van der Waals surface area contributed by atoms with Crippen LogP contribution in [0.5, 0.6) is 5.75 Å². The number of carbonyl (C=O) groups is 1. The highest BCUT2D eigenvalue weighted by Gasteiger charge is 2.15. The standard InChI is InChI=1S/C16H17FN2O2/c1-11(20)15-7-14(17)6-13(16(15)21)10-19(2)9-12-4-3-5-18-8-12/h3-8,21H,9-10H2,1-2H3. The van der Waals surface area contributed by atoms with Crippen molar-refractivity contribution >= 4 is 5.78 Å². The second kappa shape index (κ2) is 6.45. The van der Waals surface area contributed by atoms with Gasteiger partial charge in [0.15, 0.2) is 5.78 Å². The van der Waals surface area contributed by atoms with Gasteiger partial charge < -0.3 is 5.11 Å². The lowest BCUT2D eigenvalue weighted by Gasteiger charge is -2.18. The molecule has 0 saturated heterocycles. The van der Waals surface area contributed by atoms with Crippen LogP contribution < -0.4 is 0 Å². The quantitative estimate of drug-likeness (QED) is 0.860. The number of hydrogen-bond donors (Lipinski definition) is 1. The van der Waals surface area contributed by atoms with Gasteiger partial charge in [-0.2, -0.15) is 0 Å². The first-order valence-corrected chi connectivity index (χ1v) is 6.57. The summed E-state index contributed by atoms with van der Waals surface area (Å²) in [5.41, 5.74) is 1.43. The number of halogens is 1. The maximum atomic E-state index is 13.6. The average molecular weight is 288 g/mol. The fraction of sp³-hybridized carbons (Fsp3) is 0.250. The maximum Gasteiger partial charge on any atom is 0.163 e. The lowest BCUT2D eigenvalue weighted by Crippen LogP contribution is -2.18. The Morgan fingerprint density at radius 1 is 1.38 bits per heavy atom. The molecular formula is C16H17FN2O2. The lowest BCUT2D eigenvalue weighted by molar-refractivity contribution is 0.101. The fourth-order valence-electron chi connectivity index (χ4n) is 2.19. The normalized spacial score (nSPS) is 10.9. The van der Waals surface area contributed by atoms with E-state index in [1.165, 1.54) is 13.0 Å². The molecule has 0 unspecified atom stereocenters. The number of phenolic OH excluding ortho intramolecular Hbond substituents is 1. The van der Waals surface area contributed by atoms with Crippen molar-refractivity contribution in [2.45, 2.75) is 20.0 Å². The Labute approximate surface area is 122 Å². The van der Waals surface area contributed by atoms with Crippen LogP contribution in [0.25, 0.3) is 0 Å². The minimum Gasteiger partial charge on any atom is -0.507 e. The van der Waals surface area contributed by atoms with Crippen LogP contribution in [0.15, 0.2) is 36.7 Å². The van der Waals surface area contributed by atoms with Gasteiger partial charge in [-0.05, 0) is 37.7 Å². The third-order valence-electron chi connectivity index (χ3n) is 3.15. The van der Waals surface area contributed by atoms with Crippen molar-refractivity contribution in [3.05, 3.63) is 59.2 Å². The molecule has 0 aliphatic rings. The molecule has 1 heterocycles. The monoisotopic (exact) mass is 288 g/mol. The molecule has 5 heteroatoms. The van der Waals surface area contributed by atoms with Gasteiger partial charge in [0.25, 0.3) is 0 Å². The molecule has 2 rings (SSSR count). The molecule has 0 radical (unpaired) electrons. The van der Waals surface area contributed by atoms with Gasteiger partial charge in [0, 0.05) is 31.0 Å². The zero-order valence-electron chi connectivity index (χ0n) is 12.0. The first kappa shape index (κ1) is 15.1. The summed E-state index contributed by atoms with van der Waals surface area (Å²) < 4.78 is 13.6. The SMILES string of the molecule is CC(=O)c1cc(F)cc(CN(C)Cc2cccnc2)c1O. The Balaban J connectivity index is 2.17. The molecule has 110 valence electrons. The summed E-state index contributed by atoms with van der Waals surface area (Å²) in [6.45, 7) is 2.25. The summed E-state index contributed by atoms with van der Waals surface area (Å²) >= 11 is 0. The van der Waals surface area contributed by atoms with Crippen molar-refractivity contribution in [3.63, 3.8) is 0 Å². The number of rotatable bonds is 5. The molecule has 1 N–H and O–H groups in total. The number of Topliss-reactive ketones (excluding diaryl/α,β-unsaturated/α-hetero) is 1. The number of ketones is 1. The summed E-state index contributed by atoms with van der Waals surface area (Å²) in [6.07, 6.45) is 3.45. The van der Waals surface area contributed by atoms with E-state index in [9.17, 15) is 14.3 Å². The van der Waals surface area contributed by atoms with Crippen LogP contribution >= 0.6 is 0 Å². The van der Waals surface area contributed by atoms with Gasteiger partial charge in [-0.15, -0.1) is 0 Å². The predicted octanol–water partition coefficient (Wildman–Crippen LogP) is 2.76. The van der Waals surface area contributed by atoms with Crippen LogP contribution in [-0.2, 0) is 13.1 Å². The molecule has 0 amide bonds. The maximum absolute atomic E-state index is 13.6. The van der Waals surface area contributed by atoms with Crippen LogP contribution in [0.1, 0.15) is 28.4 Å². The molecule has 1 aromatic carbocycles. The highest BCUT2D eigenvalue weighted by molar-refractivity contribution is 5.97. The van der Waals surface area contributed by atoms with Gasteiger partial charge in [0.2, 0.25) is 0 Å². The number of aromatic hydroxyl groups is 1. The van der Waals surface area contributed by atoms with Crippen LogP contribution in [0.3, 0.4) is 0 Å². The van der Waals surface area contributed by atoms with E-state index in [0.29, 0.717) is 18.7 Å². The van der Waals surface area contributed by atoms with Gasteiger partial charge in [0.1, 0.15) is 11.6 Å². The molecule has 1 aromatic heterocycles. The Morgan fingerprint density at radius 2 is 2.14 bits per heavy atom. The number of hydrogen-bond acceptors (Lipinski definition) is 4. The van der Waals surface area contributed by atoms with Crippen molar-refractivity contribution in [3.8, 4) is 5.75 Å². The molecule has 2 aromatic rings. The Hall–Kier alpha value is -2.27. The van der Waals surface area contributed by atoms with Gasteiger partial charge in [0.05, 0.1) is 5.56 Å². The third-order valence-corrected chi connectivity index (χ3v) is 3.15. The molecule has 0 aliphatic heterocycles. The molecule has 0 bridgehead atoms. The zero-order valence-corrected chi connectivity index (χ0v) is 12.0. The second-order valence-electron chi connectivity index (χ2n) is 5.05. The second-order valence-corrected chi connectivity index (χ2v) is 5.05. The number of aromatic nitrogens is 1. The Bertz CT molecular complexity index is 644. The predicted molar refractivity (Wildman–Crippen MR) is 77.5 cm³/mol. The molecule has 21 heavy (non-hydrogen) atoms. The lowest BCUT2D eigenvalue weighted by atomic mass is 10.0. The third kappa shape index (κ3) is 3.86. The summed E-state index contributed by atoms with van der Waals surface area (Å²) in [5, 5.41) is 10.1. The van der Waals surface area contributed by atoms with Crippen molar-refractivity contribution in [1.29, 1.82) is 0 Å². The number of nitrogens with zero attached hydrogens (tertiary/aromatic N) is 2. The van der Waals surface area contributed by atoms with E-state index in [0.717, 1.165) is 11.6 Å². The van der Waals surface area contributed by atoms with Gasteiger partial charge in [-0.1, -0.05) is 6.07 Å². The first-order chi connectivity index (χ1) is 9.97. The van der Waals surface area contributed by atoms with E-state index < -0.39 is 5.82 Å². The summed E-state index contributed by atoms with van der Waals surface area (Å²) in [7, 11) is 1.85. The Morgan fingerprint density at radius 3 is 2.76 bits per heavy atom. The molecule has 0 atom stereocenters. The summed E-state index contributed by atoms with van der Waals surface area (Å²) in [4.78, 5) is 17.3. The fourth-order valence-corrected chi connectivity index (χ4v) is 2.19. The number of carbonyl (C=O) groups excluding carboxylic acids is 1. The van der Waals surface area contributed by atoms with E-state index in [1.807, 2.05) is 24.1 Å². The van der Waals surface area contributed by atoms with Crippen molar-refractivity contribution in [2.24, 2.45) is 0 Å². The van der Waals surface area contributed by atoms with Gasteiger partial charge in [-0.25, -0.2) is 4.39 Å². The summed E-state index contributed by atoms with van der Waals surface area (Å²) in [5.74, 6) is -1.03. The first-order valence-electron chi connectivity index (χ1n) is 6.57. The van der Waals surface area contributed by atoms with Crippen LogP contribution in [0.4, 0.5) is 4.39 Å². The van der Waals surface area contributed by atoms with Crippen molar-refractivity contribution in [2.75, 3.05) is 7.05 Å². The van der Waals surface area contributed by atoms with Crippen LogP contribution in [0.2, 0.25) is 0 Å². The number of phenols is 1. The van der Waals surface area contributed by atoms with E-state index >= 15 is 0 Å². The molecule has 0 saturated carbocycles.